The van der Waals surface area contributed by atoms with Gasteiger partial charge in [-0.3, -0.25) is 0 Å². The van der Waals surface area contributed by atoms with Gasteiger partial charge in [-0.05, 0) is 48.1 Å². The zero-order chi connectivity index (χ0) is 11.7. The average molecular weight is 222 g/mol. The Kier molecular flexibility index (Phi) is 2.45. The van der Waals surface area contributed by atoms with Gasteiger partial charge < -0.3 is 4.57 Å². The number of nitriles is 1. The summed E-state index contributed by atoms with van der Waals surface area (Å²) in [6.07, 6.45) is 5.68. The lowest BCUT2D eigenvalue weighted by atomic mass is 10.1. The van der Waals surface area contributed by atoms with Crippen molar-refractivity contribution in [2.45, 2.75) is 25.8 Å². The van der Waals surface area contributed by atoms with E-state index in [9.17, 15) is 0 Å². The molecule has 84 valence electrons. The van der Waals surface area contributed by atoms with Crippen molar-refractivity contribution in [2.24, 2.45) is 0 Å². The van der Waals surface area contributed by atoms with Gasteiger partial charge in [-0.15, -0.1) is 0 Å². The highest BCUT2D eigenvalue weighted by Gasteiger charge is 2.11. The molecule has 2 aromatic rings. The normalized spacial score (nSPS) is 13.4. The first-order valence-electron chi connectivity index (χ1n) is 6.03. The minimum atomic E-state index is 0.727. The first kappa shape index (κ1) is 10.2. The van der Waals surface area contributed by atoms with E-state index in [0.29, 0.717) is 0 Å². The predicted molar refractivity (Wildman–Crippen MR) is 66.7 cm³/mol. The van der Waals surface area contributed by atoms with Crippen LogP contribution in [0.5, 0.6) is 0 Å². The molecule has 1 aromatic carbocycles. The van der Waals surface area contributed by atoms with Gasteiger partial charge in [-0.2, -0.15) is 5.26 Å². The second-order valence-corrected chi connectivity index (χ2v) is 4.59. The highest BCUT2D eigenvalue weighted by molar-refractivity contribution is 5.36. The van der Waals surface area contributed by atoms with Crippen LogP contribution in [0.25, 0.3) is 0 Å². The van der Waals surface area contributed by atoms with Gasteiger partial charge in [-0.25, -0.2) is 0 Å². The van der Waals surface area contributed by atoms with Crippen molar-refractivity contribution in [2.75, 3.05) is 0 Å². The molecule has 2 heteroatoms. The summed E-state index contributed by atoms with van der Waals surface area (Å²) in [6.45, 7) is 0.795. The molecular formula is C15H14N2. The van der Waals surface area contributed by atoms with Crippen molar-refractivity contribution >= 4 is 0 Å². The summed E-state index contributed by atoms with van der Waals surface area (Å²) in [5, 5.41) is 8.97. The number of aromatic nitrogens is 1. The Bertz CT molecular complexity index is 587. The smallest absolute Gasteiger partial charge is 0.120 e. The summed E-state index contributed by atoms with van der Waals surface area (Å²) < 4.78 is 2.00. The fourth-order valence-electron chi connectivity index (χ4n) is 2.57. The molecule has 0 saturated carbocycles. The Balaban J connectivity index is 1.89. The van der Waals surface area contributed by atoms with Crippen molar-refractivity contribution in [1.29, 1.82) is 5.26 Å². The number of hydrogen-bond donors (Lipinski definition) is 0. The van der Waals surface area contributed by atoms with Gasteiger partial charge in [-0.1, -0.05) is 18.2 Å². The zero-order valence-corrected chi connectivity index (χ0v) is 9.69. The SMILES string of the molecule is N#Cc1cccn1Cc1ccc2c(c1)CCC2. The second kappa shape index (κ2) is 4.10. The molecule has 0 atom stereocenters. The van der Waals surface area contributed by atoms with Gasteiger partial charge in [0.2, 0.25) is 0 Å². The summed E-state index contributed by atoms with van der Waals surface area (Å²) in [7, 11) is 0. The van der Waals surface area contributed by atoms with Crippen molar-refractivity contribution in [3.05, 3.63) is 58.9 Å². The maximum Gasteiger partial charge on any atom is 0.120 e. The van der Waals surface area contributed by atoms with Crippen LogP contribution >= 0.6 is 0 Å². The molecule has 3 rings (SSSR count). The molecule has 2 nitrogen and oxygen atoms in total. The molecule has 0 N–H and O–H groups in total. The molecule has 0 fully saturated rings. The van der Waals surface area contributed by atoms with Crippen LogP contribution in [0.3, 0.4) is 0 Å². The van der Waals surface area contributed by atoms with E-state index < -0.39 is 0 Å². The first-order chi connectivity index (χ1) is 8.36. The summed E-state index contributed by atoms with van der Waals surface area (Å²) in [5.41, 5.74) is 5.01. The standard InChI is InChI=1S/C15H14N2/c16-10-15-5-2-8-17(15)11-12-6-7-13-3-1-4-14(13)9-12/h2,5-9H,1,3-4,11H2. The maximum atomic E-state index is 8.97. The molecule has 0 aliphatic heterocycles. The monoisotopic (exact) mass is 222 g/mol. The Morgan fingerprint density at radius 1 is 1.18 bits per heavy atom. The molecule has 0 saturated heterocycles. The second-order valence-electron chi connectivity index (χ2n) is 4.59. The number of fused-ring (bicyclic) bond motifs is 1. The molecule has 1 aromatic heterocycles. The summed E-state index contributed by atoms with van der Waals surface area (Å²) in [5.74, 6) is 0. The largest absolute Gasteiger partial charge is 0.335 e. The number of nitrogens with zero attached hydrogens (tertiary/aromatic N) is 2. The molecule has 1 aliphatic carbocycles. The Morgan fingerprint density at radius 3 is 2.94 bits per heavy atom. The van der Waals surface area contributed by atoms with Crippen molar-refractivity contribution in [3.8, 4) is 6.07 Å². The molecule has 1 aliphatic rings. The van der Waals surface area contributed by atoms with E-state index in [0.717, 1.165) is 12.2 Å². The van der Waals surface area contributed by atoms with Crippen LogP contribution in [-0.2, 0) is 19.4 Å². The van der Waals surface area contributed by atoms with Gasteiger partial charge in [0.15, 0.2) is 0 Å². The van der Waals surface area contributed by atoms with E-state index in [1.165, 1.54) is 36.0 Å². The van der Waals surface area contributed by atoms with Gasteiger partial charge in [0.05, 0.1) is 0 Å². The zero-order valence-electron chi connectivity index (χ0n) is 9.69. The van der Waals surface area contributed by atoms with E-state index in [-0.39, 0.29) is 0 Å². The van der Waals surface area contributed by atoms with Crippen LogP contribution in [-0.4, -0.2) is 4.57 Å². The molecular weight excluding hydrogens is 208 g/mol. The van der Waals surface area contributed by atoms with E-state index in [1.54, 1.807) is 0 Å². The van der Waals surface area contributed by atoms with Gasteiger partial charge >= 0.3 is 0 Å². The van der Waals surface area contributed by atoms with E-state index in [4.69, 9.17) is 5.26 Å². The van der Waals surface area contributed by atoms with Crippen molar-refractivity contribution in [3.63, 3.8) is 0 Å². The fourth-order valence-corrected chi connectivity index (χ4v) is 2.57. The van der Waals surface area contributed by atoms with E-state index in [1.807, 2.05) is 22.9 Å². The van der Waals surface area contributed by atoms with Crippen LogP contribution in [0.2, 0.25) is 0 Å². The lowest BCUT2D eigenvalue weighted by Crippen LogP contribution is -2.01. The highest BCUT2D eigenvalue weighted by Crippen LogP contribution is 2.23. The minimum Gasteiger partial charge on any atom is -0.335 e. The third-order valence-corrected chi connectivity index (χ3v) is 3.46. The Morgan fingerprint density at radius 2 is 2.06 bits per heavy atom. The van der Waals surface area contributed by atoms with Crippen molar-refractivity contribution < 1.29 is 0 Å². The summed E-state index contributed by atoms with van der Waals surface area (Å²) >= 11 is 0. The summed E-state index contributed by atoms with van der Waals surface area (Å²) in [6, 6.07) is 12.7. The Labute approximate surface area is 101 Å². The quantitative estimate of drug-likeness (QED) is 0.768. The van der Waals surface area contributed by atoms with Gasteiger partial charge in [0, 0.05) is 12.7 Å². The van der Waals surface area contributed by atoms with Crippen LogP contribution in [0, 0.1) is 11.3 Å². The van der Waals surface area contributed by atoms with E-state index in [2.05, 4.69) is 24.3 Å². The maximum absolute atomic E-state index is 8.97. The van der Waals surface area contributed by atoms with Crippen LogP contribution in [0.1, 0.15) is 28.8 Å². The van der Waals surface area contributed by atoms with Gasteiger partial charge in [0.1, 0.15) is 11.8 Å². The topological polar surface area (TPSA) is 28.7 Å². The van der Waals surface area contributed by atoms with Crippen LogP contribution in [0.15, 0.2) is 36.5 Å². The third kappa shape index (κ3) is 1.85. The highest BCUT2D eigenvalue weighted by atomic mass is 15.0. The molecule has 0 radical (unpaired) electrons. The minimum absolute atomic E-state index is 0.727. The summed E-state index contributed by atoms with van der Waals surface area (Å²) in [4.78, 5) is 0. The molecule has 0 amide bonds. The fraction of sp³-hybridized carbons (Fsp3) is 0.267. The van der Waals surface area contributed by atoms with Crippen molar-refractivity contribution in [1.82, 2.24) is 4.57 Å². The van der Waals surface area contributed by atoms with E-state index >= 15 is 0 Å². The molecule has 0 spiro atoms. The predicted octanol–water partition coefficient (Wildman–Crippen LogP) is 2.90. The number of benzene rings is 1. The Hall–Kier alpha value is -2.01. The number of aryl methyl sites for hydroxylation is 2. The first-order valence-corrected chi connectivity index (χ1v) is 6.03. The molecule has 17 heavy (non-hydrogen) atoms. The number of rotatable bonds is 2. The lowest BCUT2D eigenvalue weighted by molar-refractivity contribution is 0.792. The molecule has 1 heterocycles. The average Bonchev–Trinajstić information content (AvgIpc) is 2.96. The lowest BCUT2D eigenvalue weighted by Gasteiger charge is -2.07. The molecule has 0 unspecified atom stereocenters. The third-order valence-electron chi connectivity index (χ3n) is 3.46. The van der Waals surface area contributed by atoms with Crippen LogP contribution < -0.4 is 0 Å². The number of hydrogen-bond acceptors (Lipinski definition) is 1. The van der Waals surface area contributed by atoms with Crippen LogP contribution in [0.4, 0.5) is 0 Å². The van der Waals surface area contributed by atoms with Gasteiger partial charge in [0.25, 0.3) is 0 Å². The molecule has 0 bridgehead atoms.